The van der Waals surface area contributed by atoms with Crippen molar-refractivity contribution >= 4 is 0 Å². The van der Waals surface area contributed by atoms with Gasteiger partial charge in [0.25, 0.3) is 0 Å². The lowest BCUT2D eigenvalue weighted by Gasteiger charge is -2.24. The van der Waals surface area contributed by atoms with Gasteiger partial charge < -0.3 is 10.1 Å². The first kappa shape index (κ1) is 8.52. The molecule has 2 nitrogen and oxygen atoms in total. The first-order valence-electron chi connectivity index (χ1n) is 5.26. The lowest BCUT2D eigenvalue weighted by atomic mass is 9.92. The minimum atomic E-state index is 0.827. The van der Waals surface area contributed by atoms with Crippen molar-refractivity contribution in [2.24, 2.45) is 5.92 Å². The smallest absolute Gasteiger partial charge is 0.0468 e. The molecule has 0 saturated carbocycles. The topological polar surface area (TPSA) is 21.3 Å². The van der Waals surface area contributed by atoms with Crippen LogP contribution < -0.4 is 5.32 Å². The number of ether oxygens (including phenoxy) is 1. The predicted octanol–water partition coefficient (Wildman–Crippen LogP) is 1.56. The van der Waals surface area contributed by atoms with Gasteiger partial charge in [-0.1, -0.05) is 0 Å². The summed E-state index contributed by atoms with van der Waals surface area (Å²) in [4.78, 5) is 0. The van der Waals surface area contributed by atoms with Crippen molar-refractivity contribution in [1.29, 1.82) is 0 Å². The molecule has 70 valence electrons. The Hall–Kier alpha value is -0.0800. The van der Waals surface area contributed by atoms with Gasteiger partial charge in [-0.15, -0.1) is 0 Å². The summed E-state index contributed by atoms with van der Waals surface area (Å²) < 4.78 is 5.34. The SMILES string of the molecule is C1CNC(CC2CCOCC2)C1. The van der Waals surface area contributed by atoms with Crippen LogP contribution in [0.3, 0.4) is 0 Å². The average molecular weight is 169 g/mol. The van der Waals surface area contributed by atoms with Crippen molar-refractivity contribution in [2.45, 2.75) is 38.1 Å². The van der Waals surface area contributed by atoms with Crippen molar-refractivity contribution in [2.75, 3.05) is 19.8 Å². The first-order valence-corrected chi connectivity index (χ1v) is 5.26. The van der Waals surface area contributed by atoms with Crippen molar-refractivity contribution in [3.8, 4) is 0 Å². The maximum atomic E-state index is 5.34. The lowest BCUT2D eigenvalue weighted by Crippen LogP contribution is -2.27. The molecule has 12 heavy (non-hydrogen) atoms. The summed E-state index contributed by atoms with van der Waals surface area (Å²) in [5, 5.41) is 3.56. The zero-order valence-corrected chi connectivity index (χ0v) is 7.72. The average Bonchev–Trinajstić information content (AvgIpc) is 2.59. The van der Waals surface area contributed by atoms with E-state index in [-0.39, 0.29) is 0 Å². The van der Waals surface area contributed by atoms with Gasteiger partial charge in [-0.25, -0.2) is 0 Å². The van der Waals surface area contributed by atoms with Gasteiger partial charge in [0.05, 0.1) is 0 Å². The van der Waals surface area contributed by atoms with Crippen LogP contribution in [0, 0.1) is 5.92 Å². The van der Waals surface area contributed by atoms with E-state index >= 15 is 0 Å². The highest BCUT2D eigenvalue weighted by molar-refractivity contribution is 4.78. The molecule has 0 radical (unpaired) electrons. The Balaban J connectivity index is 1.69. The van der Waals surface area contributed by atoms with Crippen LogP contribution in [0.25, 0.3) is 0 Å². The van der Waals surface area contributed by atoms with Gasteiger partial charge in [0.15, 0.2) is 0 Å². The summed E-state index contributed by atoms with van der Waals surface area (Å²) in [5.74, 6) is 0.939. The molecule has 0 aromatic carbocycles. The highest BCUT2D eigenvalue weighted by Crippen LogP contribution is 2.23. The zero-order chi connectivity index (χ0) is 8.23. The van der Waals surface area contributed by atoms with E-state index in [9.17, 15) is 0 Å². The summed E-state index contributed by atoms with van der Waals surface area (Å²) in [6.45, 7) is 3.24. The number of nitrogens with one attached hydrogen (secondary N) is 1. The van der Waals surface area contributed by atoms with E-state index in [1.54, 1.807) is 0 Å². The molecule has 2 heterocycles. The fourth-order valence-corrected chi connectivity index (χ4v) is 2.34. The molecular formula is C10H19NO. The Labute approximate surface area is 74.7 Å². The molecule has 1 unspecified atom stereocenters. The molecule has 2 heteroatoms. The second kappa shape index (κ2) is 4.24. The van der Waals surface area contributed by atoms with Gasteiger partial charge in [-0.2, -0.15) is 0 Å². The third kappa shape index (κ3) is 2.20. The predicted molar refractivity (Wildman–Crippen MR) is 49.2 cm³/mol. The molecular weight excluding hydrogens is 150 g/mol. The van der Waals surface area contributed by atoms with Crippen molar-refractivity contribution in [1.82, 2.24) is 5.32 Å². The van der Waals surface area contributed by atoms with E-state index < -0.39 is 0 Å². The van der Waals surface area contributed by atoms with Crippen LogP contribution in [-0.4, -0.2) is 25.8 Å². The van der Waals surface area contributed by atoms with Gasteiger partial charge >= 0.3 is 0 Å². The molecule has 2 fully saturated rings. The Morgan fingerprint density at radius 3 is 2.67 bits per heavy atom. The maximum absolute atomic E-state index is 5.34. The molecule has 0 amide bonds. The maximum Gasteiger partial charge on any atom is 0.0468 e. The van der Waals surface area contributed by atoms with Crippen LogP contribution >= 0.6 is 0 Å². The van der Waals surface area contributed by atoms with Crippen LogP contribution in [0.4, 0.5) is 0 Å². The van der Waals surface area contributed by atoms with Gasteiger partial charge in [-0.05, 0) is 44.6 Å². The van der Waals surface area contributed by atoms with E-state index in [1.807, 2.05) is 0 Å². The highest BCUT2D eigenvalue weighted by Gasteiger charge is 2.21. The van der Waals surface area contributed by atoms with Crippen LogP contribution in [0.5, 0.6) is 0 Å². The van der Waals surface area contributed by atoms with E-state index in [2.05, 4.69) is 5.32 Å². The second-order valence-corrected chi connectivity index (χ2v) is 4.08. The summed E-state index contributed by atoms with van der Waals surface area (Å²) in [6.07, 6.45) is 6.75. The fourth-order valence-electron chi connectivity index (χ4n) is 2.34. The summed E-state index contributed by atoms with van der Waals surface area (Å²) in [6, 6.07) is 0.827. The summed E-state index contributed by atoms with van der Waals surface area (Å²) >= 11 is 0. The van der Waals surface area contributed by atoms with Gasteiger partial charge in [0, 0.05) is 19.3 Å². The number of rotatable bonds is 2. The van der Waals surface area contributed by atoms with Crippen LogP contribution in [0.15, 0.2) is 0 Å². The molecule has 1 atom stereocenters. The fraction of sp³-hybridized carbons (Fsp3) is 1.00. The molecule has 0 spiro atoms. The number of hydrogen-bond donors (Lipinski definition) is 1. The van der Waals surface area contributed by atoms with Crippen LogP contribution in [0.1, 0.15) is 32.1 Å². The molecule has 0 aromatic rings. The van der Waals surface area contributed by atoms with Gasteiger partial charge in [0.2, 0.25) is 0 Å². The zero-order valence-electron chi connectivity index (χ0n) is 7.72. The Morgan fingerprint density at radius 2 is 2.00 bits per heavy atom. The van der Waals surface area contributed by atoms with Crippen molar-refractivity contribution < 1.29 is 4.74 Å². The van der Waals surface area contributed by atoms with E-state index in [1.165, 1.54) is 38.6 Å². The molecule has 0 bridgehead atoms. The van der Waals surface area contributed by atoms with Crippen molar-refractivity contribution in [3.63, 3.8) is 0 Å². The molecule has 0 aromatic heterocycles. The Bertz CT molecular complexity index is 126. The third-order valence-corrected chi connectivity index (χ3v) is 3.12. The van der Waals surface area contributed by atoms with Crippen molar-refractivity contribution in [3.05, 3.63) is 0 Å². The normalized spacial score (nSPS) is 32.5. The highest BCUT2D eigenvalue weighted by atomic mass is 16.5. The monoisotopic (exact) mass is 169 g/mol. The second-order valence-electron chi connectivity index (χ2n) is 4.08. The van der Waals surface area contributed by atoms with Gasteiger partial charge in [0.1, 0.15) is 0 Å². The summed E-state index contributed by atoms with van der Waals surface area (Å²) in [5.41, 5.74) is 0. The van der Waals surface area contributed by atoms with Gasteiger partial charge in [-0.3, -0.25) is 0 Å². The Kier molecular flexibility index (Phi) is 3.01. The quantitative estimate of drug-likeness (QED) is 0.677. The number of hydrogen-bond acceptors (Lipinski definition) is 2. The van der Waals surface area contributed by atoms with E-state index in [4.69, 9.17) is 4.74 Å². The first-order chi connectivity index (χ1) is 5.95. The Morgan fingerprint density at radius 1 is 1.17 bits per heavy atom. The molecule has 2 aliphatic rings. The minimum absolute atomic E-state index is 0.827. The molecule has 2 saturated heterocycles. The molecule has 2 rings (SSSR count). The molecule has 1 N–H and O–H groups in total. The summed E-state index contributed by atoms with van der Waals surface area (Å²) in [7, 11) is 0. The lowest BCUT2D eigenvalue weighted by molar-refractivity contribution is 0.0612. The molecule has 0 aliphatic carbocycles. The van der Waals surface area contributed by atoms with Crippen LogP contribution in [-0.2, 0) is 4.74 Å². The van der Waals surface area contributed by atoms with E-state index in [0.29, 0.717) is 0 Å². The third-order valence-electron chi connectivity index (χ3n) is 3.12. The largest absolute Gasteiger partial charge is 0.381 e. The van der Waals surface area contributed by atoms with Crippen LogP contribution in [0.2, 0.25) is 0 Å². The van der Waals surface area contributed by atoms with E-state index in [0.717, 1.165) is 25.2 Å². The standard InChI is InChI=1S/C10H19NO/c1-2-10(11-5-1)8-9-3-6-12-7-4-9/h9-11H,1-8H2. The minimum Gasteiger partial charge on any atom is -0.381 e. The molecule has 2 aliphatic heterocycles.